The first-order valence-electron chi connectivity index (χ1n) is 6.95. The zero-order valence-electron chi connectivity index (χ0n) is 11.6. The highest BCUT2D eigenvalue weighted by molar-refractivity contribution is 5.46. The Balaban J connectivity index is 1.89. The number of rotatable bonds is 3. The van der Waals surface area contributed by atoms with Crippen molar-refractivity contribution in [1.82, 2.24) is 4.98 Å². The maximum absolute atomic E-state index is 5.98. The quantitative estimate of drug-likeness (QED) is 0.889. The molecule has 0 spiro atoms. The van der Waals surface area contributed by atoms with Crippen molar-refractivity contribution in [3.8, 4) is 5.75 Å². The van der Waals surface area contributed by atoms with E-state index in [-0.39, 0.29) is 0 Å². The number of nitrogens with two attached hydrogens (primary N) is 1. The van der Waals surface area contributed by atoms with Gasteiger partial charge in [-0.25, -0.2) is 0 Å². The van der Waals surface area contributed by atoms with Gasteiger partial charge < -0.3 is 10.5 Å². The summed E-state index contributed by atoms with van der Waals surface area (Å²) in [5.74, 6) is 2.47. The van der Waals surface area contributed by atoms with Crippen LogP contribution in [0.25, 0.3) is 0 Å². The molecule has 0 bridgehead atoms. The van der Waals surface area contributed by atoms with Crippen molar-refractivity contribution < 1.29 is 4.74 Å². The minimum absolute atomic E-state index is 0.337. The SMILES string of the molecule is Cc1ncc(O[C@H]2CC[C@H](C(C)C)CC2)cc1N. The molecule has 1 aliphatic carbocycles. The fraction of sp³-hybridized carbons (Fsp3) is 0.667. The molecule has 0 aromatic carbocycles. The molecule has 1 heterocycles. The van der Waals surface area contributed by atoms with Crippen molar-refractivity contribution in [2.24, 2.45) is 11.8 Å². The van der Waals surface area contributed by atoms with Crippen LogP contribution < -0.4 is 10.5 Å². The van der Waals surface area contributed by atoms with Crippen molar-refractivity contribution in [1.29, 1.82) is 0 Å². The van der Waals surface area contributed by atoms with Gasteiger partial charge in [-0.3, -0.25) is 4.98 Å². The number of hydrogen-bond donors (Lipinski definition) is 1. The fourth-order valence-electron chi connectivity index (χ4n) is 2.66. The van der Waals surface area contributed by atoms with Gasteiger partial charge in [0.05, 0.1) is 23.7 Å². The van der Waals surface area contributed by atoms with Crippen LogP contribution in [-0.4, -0.2) is 11.1 Å². The van der Waals surface area contributed by atoms with Gasteiger partial charge in [0.15, 0.2) is 0 Å². The van der Waals surface area contributed by atoms with Crippen molar-refractivity contribution in [2.75, 3.05) is 5.73 Å². The smallest absolute Gasteiger partial charge is 0.140 e. The maximum Gasteiger partial charge on any atom is 0.140 e. The number of pyridine rings is 1. The minimum Gasteiger partial charge on any atom is -0.489 e. The molecule has 0 saturated heterocycles. The van der Waals surface area contributed by atoms with Gasteiger partial charge in [-0.15, -0.1) is 0 Å². The number of anilines is 1. The molecule has 1 aromatic heterocycles. The lowest BCUT2D eigenvalue weighted by Crippen LogP contribution is -2.26. The van der Waals surface area contributed by atoms with Crippen LogP contribution in [0.4, 0.5) is 5.69 Å². The molecule has 1 saturated carbocycles. The predicted molar refractivity (Wildman–Crippen MR) is 74.6 cm³/mol. The molecule has 0 atom stereocenters. The Hall–Kier alpha value is -1.25. The minimum atomic E-state index is 0.337. The number of nitrogens with zero attached hydrogens (tertiary/aromatic N) is 1. The van der Waals surface area contributed by atoms with Crippen LogP contribution in [0.15, 0.2) is 12.3 Å². The Bertz CT molecular complexity index is 395. The summed E-state index contributed by atoms with van der Waals surface area (Å²) in [6.45, 7) is 6.54. The number of ether oxygens (including phenoxy) is 1. The van der Waals surface area contributed by atoms with Gasteiger partial charge in [0.25, 0.3) is 0 Å². The topological polar surface area (TPSA) is 48.1 Å². The summed E-state index contributed by atoms with van der Waals surface area (Å²) >= 11 is 0. The van der Waals surface area contributed by atoms with Gasteiger partial charge in [-0.2, -0.15) is 0 Å². The summed E-state index contributed by atoms with van der Waals surface area (Å²) in [7, 11) is 0. The van der Waals surface area contributed by atoms with Gasteiger partial charge in [0, 0.05) is 6.07 Å². The first-order chi connectivity index (χ1) is 8.56. The molecule has 100 valence electrons. The van der Waals surface area contributed by atoms with Crippen LogP contribution in [0.2, 0.25) is 0 Å². The van der Waals surface area contributed by atoms with Crippen LogP contribution in [0.5, 0.6) is 5.75 Å². The van der Waals surface area contributed by atoms with E-state index in [0.29, 0.717) is 11.8 Å². The van der Waals surface area contributed by atoms with Gasteiger partial charge in [0.1, 0.15) is 5.75 Å². The van der Waals surface area contributed by atoms with Gasteiger partial charge in [-0.1, -0.05) is 13.8 Å². The number of hydrogen-bond acceptors (Lipinski definition) is 3. The molecule has 0 amide bonds. The second-order valence-electron chi connectivity index (χ2n) is 5.74. The molecule has 1 fully saturated rings. The van der Waals surface area contributed by atoms with Crippen LogP contribution in [0.1, 0.15) is 45.2 Å². The molecule has 3 heteroatoms. The number of aromatic nitrogens is 1. The van der Waals surface area contributed by atoms with Crippen molar-refractivity contribution in [2.45, 2.75) is 52.6 Å². The Labute approximate surface area is 110 Å². The van der Waals surface area contributed by atoms with Crippen molar-refractivity contribution in [3.05, 3.63) is 18.0 Å². The number of aryl methyl sites for hydroxylation is 1. The van der Waals surface area contributed by atoms with Crippen LogP contribution in [0, 0.1) is 18.8 Å². The second kappa shape index (κ2) is 5.59. The lowest BCUT2D eigenvalue weighted by atomic mass is 9.80. The van der Waals surface area contributed by atoms with Gasteiger partial charge in [0.2, 0.25) is 0 Å². The zero-order valence-corrected chi connectivity index (χ0v) is 11.6. The summed E-state index contributed by atoms with van der Waals surface area (Å²) in [5, 5.41) is 0. The van der Waals surface area contributed by atoms with E-state index in [9.17, 15) is 0 Å². The molecule has 2 N–H and O–H groups in total. The normalized spacial score (nSPS) is 24.2. The Morgan fingerprint density at radius 1 is 1.28 bits per heavy atom. The summed E-state index contributed by atoms with van der Waals surface area (Å²) in [5.41, 5.74) is 7.42. The molecule has 2 rings (SSSR count). The third kappa shape index (κ3) is 3.15. The lowest BCUT2D eigenvalue weighted by molar-refractivity contribution is 0.116. The Morgan fingerprint density at radius 2 is 1.94 bits per heavy atom. The largest absolute Gasteiger partial charge is 0.489 e. The number of nitrogen functional groups attached to an aromatic ring is 1. The molecule has 1 aliphatic rings. The fourth-order valence-corrected chi connectivity index (χ4v) is 2.66. The summed E-state index contributed by atoms with van der Waals surface area (Å²) in [6, 6.07) is 1.89. The lowest BCUT2D eigenvalue weighted by Gasteiger charge is -2.31. The summed E-state index contributed by atoms with van der Waals surface area (Å²) < 4.78 is 5.98. The first-order valence-corrected chi connectivity index (χ1v) is 6.95. The second-order valence-corrected chi connectivity index (χ2v) is 5.74. The van der Waals surface area contributed by atoms with E-state index in [1.807, 2.05) is 13.0 Å². The van der Waals surface area contributed by atoms with Crippen LogP contribution in [-0.2, 0) is 0 Å². The van der Waals surface area contributed by atoms with E-state index in [4.69, 9.17) is 10.5 Å². The highest BCUT2D eigenvalue weighted by Crippen LogP contribution is 2.32. The summed E-state index contributed by atoms with van der Waals surface area (Å²) in [4.78, 5) is 4.24. The van der Waals surface area contributed by atoms with E-state index in [2.05, 4.69) is 18.8 Å². The molecular weight excluding hydrogens is 224 g/mol. The van der Waals surface area contributed by atoms with Crippen molar-refractivity contribution >= 4 is 5.69 Å². The van der Waals surface area contributed by atoms with E-state index in [0.717, 1.165) is 36.1 Å². The standard InChI is InChI=1S/C15H24N2O/c1-10(2)12-4-6-13(7-5-12)18-14-8-15(16)11(3)17-9-14/h8-10,12-13H,4-7,16H2,1-3H3/t12-,13-. The predicted octanol–water partition coefficient (Wildman–Crippen LogP) is 3.57. The average molecular weight is 248 g/mol. The average Bonchev–Trinajstić information content (AvgIpc) is 2.34. The molecule has 0 unspecified atom stereocenters. The van der Waals surface area contributed by atoms with Crippen molar-refractivity contribution in [3.63, 3.8) is 0 Å². The monoisotopic (exact) mass is 248 g/mol. The molecule has 0 radical (unpaired) electrons. The molecular formula is C15H24N2O. The maximum atomic E-state index is 5.98. The highest BCUT2D eigenvalue weighted by atomic mass is 16.5. The Kier molecular flexibility index (Phi) is 4.10. The van der Waals surface area contributed by atoms with E-state index in [1.165, 1.54) is 12.8 Å². The molecule has 18 heavy (non-hydrogen) atoms. The van der Waals surface area contributed by atoms with E-state index in [1.54, 1.807) is 6.20 Å². The Morgan fingerprint density at radius 3 is 2.50 bits per heavy atom. The zero-order chi connectivity index (χ0) is 13.1. The van der Waals surface area contributed by atoms with Gasteiger partial charge >= 0.3 is 0 Å². The molecule has 3 nitrogen and oxygen atoms in total. The first kappa shape index (κ1) is 13.2. The van der Waals surface area contributed by atoms with Crippen LogP contribution in [0.3, 0.4) is 0 Å². The highest BCUT2D eigenvalue weighted by Gasteiger charge is 2.24. The van der Waals surface area contributed by atoms with Crippen LogP contribution >= 0.6 is 0 Å². The third-order valence-electron chi connectivity index (χ3n) is 4.07. The molecule has 0 aliphatic heterocycles. The summed E-state index contributed by atoms with van der Waals surface area (Å²) in [6.07, 6.45) is 6.96. The van der Waals surface area contributed by atoms with Gasteiger partial charge in [-0.05, 0) is 44.4 Å². The third-order valence-corrected chi connectivity index (χ3v) is 4.07. The van der Waals surface area contributed by atoms with E-state index < -0.39 is 0 Å². The van der Waals surface area contributed by atoms with E-state index >= 15 is 0 Å². The molecule has 1 aromatic rings.